The summed E-state index contributed by atoms with van der Waals surface area (Å²) in [5.74, 6) is -0.634. The zero-order valence-electron chi connectivity index (χ0n) is 11.3. The molecule has 4 nitrogen and oxygen atoms in total. The number of hydrogen-bond donors (Lipinski definition) is 2. The van der Waals surface area contributed by atoms with Crippen LogP contribution in [0, 0.1) is 5.82 Å². The molecule has 0 saturated carbocycles. The van der Waals surface area contributed by atoms with Crippen LogP contribution in [0.2, 0.25) is 0 Å². The summed E-state index contributed by atoms with van der Waals surface area (Å²) in [6, 6.07) is 7.34. The van der Waals surface area contributed by atoms with E-state index in [1.807, 2.05) is 5.38 Å². The third-order valence-electron chi connectivity index (χ3n) is 2.78. The highest BCUT2D eigenvalue weighted by Gasteiger charge is 2.06. The Labute approximate surface area is 126 Å². The molecular formula is C15H15FN2O2S. The van der Waals surface area contributed by atoms with Crippen LogP contribution in [0.15, 0.2) is 41.1 Å². The second-order valence-electron chi connectivity index (χ2n) is 4.43. The minimum Gasteiger partial charge on any atom is -0.352 e. The zero-order chi connectivity index (χ0) is 15.1. The van der Waals surface area contributed by atoms with Crippen LogP contribution >= 0.6 is 11.3 Å². The lowest BCUT2D eigenvalue weighted by atomic mass is 10.2. The van der Waals surface area contributed by atoms with Crippen LogP contribution in [-0.2, 0) is 4.79 Å². The summed E-state index contributed by atoms with van der Waals surface area (Å²) < 4.78 is 12.7. The van der Waals surface area contributed by atoms with E-state index in [1.165, 1.54) is 35.6 Å². The molecule has 21 heavy (non-hydrogen) atoms. The van der Waals surface area contributed by atoms with E-state index in [4.69, 9.17) is 0 Å². The minimum atomic E-state index is -0.343. The Hall–Kier alpha value is -2.21. The largest absolute Gasteiger partial charge is 0.352 e. The summed E-state index contributed by atoms with van der Waals surface area (Å²) in [6.45, 7) is 0.436. The summed E-state index contributed by atoms with van der Waals surface area (Å²) >= 11 is 1.46. The van der Waals surface area contributed by atoms with Gasteiger partial charge in [0.15, 0.2) is 0 Å². The molecule has 0 aliphatic rings. The highest BCUT2D eigenvalue weighted by molar-refractivity contribution is 7.08. The maximum atomic E-state index is 12.7. The molecule has 2 aromatic rings. The van der Waals surface area contributed by atoms with Gasteiger partial charge in [0, 0.05) is 29.6 Å². The number of thiophene rings is 1. The molecule has 0 spiro atoms. The van der Waals surface area contributed by atoms with Crippen molar-refractivity contribution < 1.29 is 14.0 Å². The van der Waals surface area contributed by atoms with Gasteiger partial charge in [0.1, 0.15) is 5.82 Å². The lowest BCUT2D eigenvalue weighted by Crippen LogP contribution is -2.25. The molecule has 0 bridgehead atoms. The van der Waals surface area contributed by atoms with Crippen molar-refractivity contribution in [2.24, 2.45) is 0 Å². The number of carbonyl (C=O) groups excluding carboxylic acids is 2. The second-order valence-corrected chi connectivity index (χ2v) is 5.21. The average Bonchev–Trinajstić information content (AvgIpc) is 3.00. The highest BCUT2D eigenvalue weighted by Crippen LogP contribution is 2.09. The standard InChI is InChI=1S/C15H15FN2O2S/c16-12-3-5-13(6-4-12)18-14(19)2-1-8-17-15(20)11-7-9-21-10-11/h3-7,9-10H,1-2,8H2,(H,17,20)(H,18,19). The lowest BCUT2D eigenvalue weighted by Gasteiger charge is -2.06. The SMILES string of the molecule is O=C(CCCNC(=O)c1ccsc1)Nc1ccc(F)cc1. The van der Waals surface area contributed by atoms with Gasteiger partial charge >= 0.3 is 0 Å². The normalized spacial score (nSPS) is 10.1. The molecule has 0 fully saturated rings. The summed E-state index contributed by atoms with van der Waals surface area (Å²) in [6.07, 6.45) is 0.837. The van der Waals surface area contributed by atoms with E-state index in [9.17, 15) is 14.0 Å². The molecule has 110 valence electrons. The van der Waals surface area contributed by atoms with Crippen molar-refractivity contribution in [1.29, 1.82) is 0 Å². The maximum absolute atomic E-state index is 12.7. The highest BCUT2D eigenvalue weighted by atomic mass is 32.1. The first kappa shape index (κ1) is 15.2. The molecule has 1 aromatic carbocycles. The van der Waals surface area contributed by atoms with Crippen LogP contribution in [0.3, 0.4) is 0 Å². The number of nitrogens with one attached hydrogen (secondary N) is 2. The molecule has 0 radical (unpaired) electrons. The minimum absolute atomic E-state index is 0.129. The number of anilines is 1. The van der Waals surface area contributed by atoms with Gasteiger partial charge in [0.05, 0.1) is 0 Å². The molecule has 1 heterocycles. The van der Waals surface area contributed by atoms with Crippen molar-refractivity contribution in [2.75, 3.05) is 11.9 Å². The smallest absolute Gasteiger partial charge is 0.252 e. The Kier molecular flexibility index (Phi) is 5.45. The fourth-order valence-corrected chi connectivity index (χ4v) is 2.34. The van der Waals surface area contributed by atoms with Gasteiger partial charge in [-0.25, -0.2) is 4.39 Å². The lowest BCUT2D eigenvalue weighted by molar-refractivity contribution is -0.116. The van der Waals surface area contributed by atoms with Crippen LogP contribution in [0.4, 0.5) is 10.1 Å². The van der Waals surface area contributed by atoms with Crippen LogP contribution in [-0.4, -0.2) is 18.4 Å². The molecule has 0 aliphatic heterocycles. The molecule has 0 atom stereocenters. The van der Waals surface area contributed by atoms with Crippen LogP contribution < -0.4 is 10.6 Å². The summed E-state index contributed by atoms with van der Waals surface area (Å²) in [5, 5.41) is 9.03. The third kappa shape index (κ3) is 5.00. The van der Waals surface area contributed by atoms with Crippen molar-refractivity contribution in [1.82, 2.24) is 5.32 Å². The van der Waals surface area contributed by atoms with Gasteiger partial charge in [-0.3, -0.25) is 9.59 Å². The van der Waals surface area contributed by atoms with Crippen LogP contribution in [0.1, 0.15) is 23.2 Å². The van der Waals surface area contributed by atoms with Crippen molar-refractivity contribution >= 4 is 28.8 Å². The van der Waals surface area contributed by atoms with E-state index in [1.54, 1.807) is 11.4 Å². The fraction of sp³-hybridized carbons (Fsp3) is 0.200. The van der Waals surface area contributed by atoms with Gasteiger partial charge in [0.2, 0.25) is 5.91 Å². The number of halogens is 1. The van der Waals surface area contributed by atoms with Crippen LogP contribution in [0.25, 0.3) is 0 Å². The molecule has 2 amide bonds. The van der Waals surface area contributed by atoms with Crippen molar-refractivity contribution in [2.45, 2.75) is 12.8 Å². The second kappa shape index (κ2) is 7.54. The Morgan fingerprint density at radius 3 is 2.57 bits per heavy atom. The molecule has 0 unspecified atom stereocenters. The molecule has 6 heteroatoms. The average molecular weight is 306 g/mol. The number of carbonyl (C=O) groups is 2. The molecule has 1 aromatic heterocycles. The van der Waals surface area contributed by atoms with Crippen molar-refractivity contribution in [3.63, 3.8) is 0 Å². The Bertz CT molecular complexity index is 597. The number of rotatable bonds is 6. The van der Waals surface area contributed by atoms with E-state index in [-0.39, 0.29) is 17.6 Å². The maximum Gasteiger partial charge on any atom is 0.252 e. The van der Waals surface area contributed by atoms with E-state index in [0.29, 0.717) is 30.6 Å². The summed E-state index contributed by atoms with van der Waals surface area (Å²) in [7, 11) is 0. The van der Waals surface area contributed by atoms with Crippen LogP contribution in [0.5, 0.6) is 0 Å². The van der Waals surface area contributed by atoms with Gasteiger partial charge in [-0.1, -0.05) is 0 Å². The Balaban J connectivity index is 1.65. The topological polar surface area (TPSA) is 58.2 Å². The first-order valence-electron chi connectivity index (χ1n) is 6.51. The number of benzene rings is 1. The first-order chi connectivity index (χ1) is 10.1. The first-order valence-corrected chi connectivity index (χ1v) is 7.45. The van der Waals surface area contributed by atoms with Gasteiger partial charge in [-0.2, -0.15) is 11.3 Å². The molecule has 2 rings (SSSR count). The Morgan fingerprint density at radius 1 is 1.14 bits per heavy atom. The fourth-order valence-electron chi connectivity index (χ4n) is 1.70. The van der Waals surface area contributed by atoms with Gasteiger partial charge in [-0.05, 0) is 42.1 Å². The third-order valence-corrected chi connectivity index (χ3v) is 3.46. The van der Waals surface area contributed by atoms with E-state index >= 15 is 0 Å². The molecule has 2 N–H and O–H groups in total. The molecular weight excluding hydrogens is 291 g/mol. The van der Waals surface area contributed by atoms with E-state index in [0.717, 1.165) is 0 Å². The zero-order valence-corrected chi connectivity index (χ0v) is 12.1. The van der Waals surface area contributed by atoms with Gasteiger partial charge in [-0.15, -0.1) is 0 Å². The summed E-state index contributed by atoms with van der Waals surface area (Å²) in [5.41, 5.74) is 1.19. The molecule has 0 aliphatic carbocycles. The molecule has 0 saturated heterocycles. The number of amides is 2. The van der Waals surface area contributed by atoms with Crippen molar-refractivity contribution in [3.8, 4) is 0 Å². The predicted molar refractivity (Wildman–Crippen MR) is 80.9 cm³/mol. The summed E-state index contributed by atoms with van der Waals surface area (Å²) in [4.78, 5) is 23.3. The van der Waals surface area contributed by atoms with Gasteiger partial charge in [0.25, 0.3) is 5.91 Å². The Morgan fingerprint density at radius 2 is 1.90 bits per heavy atom. The monoisotopic (exact) mass is 306 g/mol. The number of hydrogen-bond acceptors (Lipinski definition) is 3. The predicted octanol–water partition coefficient (Wildman–Crippen LogP) is 3.04. The van der Waals surface area contributed by atoms with E-state index < -0.39 is 0 Å². The van der Waals surface area contributed by atoms with Crippen molar-refractivity contribution in [3.05, 3.63) is 52.5 Å². The van der Waals surface area contributed by atoms with E-state index in [2.05, 4.69) is 10.6 Å². The quantitative estimate of drug-likeness (QED) is 0.806. The van der Waals surface area contributed by atoms with Gasteiger partial charge < -0.3 is 10.6 Å².